The van der Waals surface area contributed by atoms with E-state index in [0.717, 1.165) is 5.56 Å². The van der Waals surface area contributed by atoms with E-state index in [0.29, 0.717) is 11.5 Å². The minimum atomic E-state index is -1.15. The molecule has 94 valence electrons. The minimum Gasteiger partial charge on any atom is -0.486 e. The highest BCUT2D eigenvalue weighted by Crippen LogP contribution is 2.15. The molecule has 0 aliphatic heterocycles. The molecule has 0 unspecified atom stereocenters. The van der Waals surface area contributed by atoms with Gasteiger partial charge in [-0.3, -0.25) is 0 Å². The molecule has 0 saturated heterocycles. The van der Waals surface area contributed by atoms with Gasteiger partial charge in [0.1, 0.15) is 12.4 Å². The zero-order valence-corrected chi connectivity index (χ0v) is 9.37. The Balaban J connectivity index is 1.99. The summed E-state index contributed by atoms with van der Waals surface area (Å²) in [4.78, 5) is 10.6. The van der Waals surface area contributed by atoms with Crippen molar-refractivity contribution in [3.63, 3.8) is 0 Å². The lowest BCUT2D eigenvalue weighted by Crippen LogP contribution is -1.96. The van der Waals surface area contributed by atoms with Crippen LogP contribution in [0.3, 0.4) is 0 Å². The molecular weight excluding hydrogens is 238 g/mol. The second kappa shape index (κ2) is 5.33. The first-order chi connectivity index (χ1) is 8.69. The maximum atomic E-state index is 10.6. The van der Waals surface area contributed by atoms with Crippen LogP contribution in [0.25, 0.3) is 0 Å². The summed E-state index contributed by atoms with van der Waals surface area (Å²) < 4.78 is 10.2. The average molecular weight is 249 g/mol. The van der Waals surface area contributed by atoms with E-state index < -0.39 is 5.97 Å². The van der Waals surface area contributed by atoms with Crippen LogP contribution in [0.5, 0.6) is 5.75 Å². The SMILES string of the molecule is O=C(O)c1cc(COc2cccc(CO)c2)on1. The summed E-state index contributed by atoms with van der Waals surface area (Å²) in [5.41, 5.74) is 0.578. The van der Waals surface area contributed by atoms with E-state index in [2.05, 4.69) is 5.16 Å². The van der Waals surface area contributed by atoms with Gasteiger partial charge in [-0.15, -0.1) is 0 Å². The van der Waals surface area contributed by atoms with Gasteiger partial charge in [-0.25, -0.2) is 4.79 Å². The van der Waals surface area contributed by atoms with E-state index in [9.17, 15) is 4.79 Å². The molecule has 6 nitrogen and oxygen atoms in total. The number of rotatable bonds is 5. The molecule has 0 atom stereocenters. The third kappa shape index (κ3) is 2.86. The third-order valence-electron chi connectivity index (χ3n) is 2.24. The summed E-state index contributed by atoms with van der Waals surface area (Å²) >= 11 is 0. The lowest BCUT2D eigenvalue weighted by atomic mass is 10.2. The van der Waals surface area contributed by atoms with E-state index in [-0.39, 0.29) is 18.9 Å². The molecule has 1 heterocycles. The quantitative estimate of drug-likeness (QED) is 0.832. The maximum Gasteiger partial charge on any atom is 0.358 e. The van der Waals surface area contributed by atoms with Gasteiger partial charge in [0.2, 0.25) is 0 Å². The molecule has 0 bridgehead atoms. The summed E-state index contributed by atoms with van der Waals surface area (Å²) in [6.07, 6.45) is 0. The normalized spacial score (nSPS) is 10.3. The topological polar surface area (TPSA) is 92.8 Å². The number of aromatic nitrogens is 1. The summed E-state index contributed by atoms with van der Waals surface area (Å²) in [5, 5.41) is 21.0. The summed E-state index contributed by atoms with van der Waals surface area (Å²) in [6, 6.07) is 8.24. The van der Waals surface area contributed by atoms with Crippen molar-refractivity contribution in [3.8, 4) is 5.75 Å². The first-order valence-corrected chi connectivity index (χ1v) is 5.20. The molecule has 6 heteroatoms. The average Bonchev–Trinajstić information content (AvgIpc) is 2.85. The Labute approximate surface area is 102 Å². The summed E-state index contributed by atoms with van der Waals surface area (Å²) in [6.45, 7) is 0.0117. The van der Waals surface area contributed by atoms with Crippen molar-refractivity contribution >= 4 is 5.97 Å². The number of hydrogen-bond donors (Lipinski definition) is 2. The fourth-order valence-electron chi connectivity index (χ4n) is 1.37. The highest BCUT2D eigenvalue weighted by molar-refractivity contribution is 5.85. The summed E-state index contributed by atoms with van der Waals surface area (Å²) in [7, 11) is 0. The van der Waals surface area contributed by atoms with Crippen LogP contribution in [0.1, 0.15) is 21.8 Å². The van der Waals surface area contributed by atoms with Gasteiger partial charge < -0.3 is 19.5 Å². The monoisotopic (exact) mass is 249 g/mol. The Hall–Kier alpha value is -2.34. The number of nitrogens with zero attached hydrogens (tertiary/aromatic N) is 1. The van der Waals surface area contributed by atoms with E-state index in [1.54, 1.807) is 24.3 Å². The van der Waals surface area contributed by atoms with Crippen molar-refractivity contribution in [2.75, 3.05) is 0 Å². The van der Waals surface area contributed by atoms with Crippen LogP contribution in [0.2, 0.25) is 0 Å². The van der Waals surface area contributed by atoms with Gasteiger partial charge in [-0.1, -0.05) is 17.3 Å². The standard InChI is InChI=1S/C12H11NO5/c14-6-8-2-1-3-9(4-8)17-7-10-5-11(12(15)16)13-18-10/h1-5,14H,6-7H2,(H,15,16). The largest absolute Gasteiger partial charge is 0.486 e. The van der Waals surface area contributed by atoms with Crippen molar-refractivity contribution in [2.45, 2.75) is 13.2 Å². The number of carboxylic acid groups (broad SMARTS) is 1. The number of aliphatic hydroxyl groups is 1. The lowest BCUT2D eigenvalue weighted by molar-refractivity contribution is 0.0685. The number of carbonyl (C=O) groups is 1. The predicted molar refractivity (Wildman–Crippen MR) is 60.2 cm³/mol. The van der Waals surface area contributed by atoms with Gasteiger partial charge in [-0.2, -0.15) is 0 Å². The number of benzene rings is 1. The number of aromatic carboxylic acids is 1. The van der Waals surface area contributed by atoms with Gasteiger partial charge in [0.15, 0.2) is 11.5 Å². The first-order valence-electron chi connectivity index (χ1n) is 5.20. The van der Waals surface area contributed by atoms with E-state index in [1.165, 1.54) is 6.07 Å². The Bertz CT molecular complexity index is 549. The lowest BCUT2D eigenvalue weighted by Gasteiger charge is -2.04. The predicted octanol–water partition coefficient (Wildman–Crippen LogP) is 1.44. The van der Waals surface area contributed by atoms with Gasteiger partial charge in [0.25, 0.3) is 0 Å². The van der Waals surface area contributed by atoms with Crippen LogP contribution in [-0.2, 0) is 13.2 Å². The molecule has 18 heavy (non-hydrogen) atoms. The van der Waals surface area contributed by atoms with Crippen LogP contribution in [0.15, 0.2) is 34.9 Å². The zero-order chi connectivity index (χ0) is 13.0. The molecule has 2 rings (SSSR count). The van der Waals surface area contributed by atoms with E-state index >= 15 is 0 Å². The van der Waals surface area contributed by atoms with Crippen molar-refractivity contribution < 1.29 is 24.3 Å². The van der Waals surface area contributed by atoms with Crippen molar-refractivity contribution in [3.05, 3.63) is 47.3 Å². The highest BCUT2D eigenvalue weighted by atomic mass is 16.5. The summed E-state index contributed by atoms with van der Waals surface area (Å²) in [5.74, 6) is -0.260. The fraction of sp³-hybridized carbons (Fsp3) is 0.167. The molecular formula is C12H11NO5. The van der Waals surface area contributed by atoms with Crippen molar-refractivity contribution in [1.82, 2.24) is 5.16 Å². The third-order valence-corrected chi connectivity index (χ3v) is 2.24. The smallest absolute Gasteiger partial charge is 0.358 e. The molecule has 2 N–H and O–H groups in total. The van der Waals surface area contributed by atoms with E-state index in [1.807, 2.05) is 0 Å². The van der Waals surface area contributed by atoms with Crippen LogP contribution in [0.4, 0.5) is 0 Å². The Kier molecular flexibility index (Phi) is 3.59. The minimum absolute atomic E-state index is 0.0668. The second-order valence-corrected chi connectivity index (χ2v) is 3.58. The number of carboxylic acids is 1. The van der Waals surface area contributed by atoms with Crippen LogP contribution in [-0.4, -0.2) is 21.3 Å². The first kappa shape index (κ1) is 12.1. The Morgan fingerprint density at radius 3 is 2.89 bits per heavy atom. The molecule has 2 aromatic rings. The molecule has 0 saturated carbocycles. The molecule has 0 spiro atoms. The van der Waals surface area contributed by atoms with E-state index in [4.69, 9.17) is 19.5 Å². The van der Waals surface area contributed by atoms with Crippen LogP contribution < -0.4 is 4.74 Å². The molecule has 1 aromatic heterocycles. The molecule has 0 amide bonds. The maximum absolute atomic E-state index is 10.6. The molecule has 0 radical (unpaired) electrons. The fourth-order valence-corrected chi connectivity index (χ4v) is 1.37. The molecule has 0 aliphatic rings. The van der Waals surface area contributed by atoms with Crippen LogP contribution >= 0.6 is 0 Å². The molecule has 1 aromatic carbocycles. The van der Waals surface area contributed by atoms with Crippen molar-refractivity contribution in [1.29, 1.82) is 0 Å². The second-order valence-electron chi connectivity index (χ2n) is 3.58. The molecule has 0 aliphatic carbocycles. The number of ether oxygens (including phenoxy) is 1. The molecule has 0 fully saturated rings. The zero-order valence-electron chi connectivity index (χ0n) is 9.37. The Morgan fingerprint density at radius 1 is 1.39 bits per heavy atom. The van der Waals surface area contributed by atoms with Gasteiger partial charge in [-0.05, 0) is 17.7 Å². The van der Waals surface area contributed by atoms with Gasteiger partial charge in [0, 0.05) is 6.07 Å². The van der Waals surface area contributed by atoms with Gasteiger partial charge in [0.05, 0.1) is 6.61 Å². The van der Waals surface area contributed by atoms with Gasteiger partial charge >= 0.3 is 5.97 Å². The highest BCUT2D eigenvalue weighted by Gasteiger charge is 2.10. The number of hydrogen-bond acceptors (Lipinski definition) is 5. The van der Waals surface area contributed by atoms with Crippen molar-refractivity contribution in [2.24, 2.45) is 0 Å². The van der Waals surface area contributed by atoms with Crippen LogP contribution in [0, 0.1) is 0 Å². The number of aliphatic hydroxyl groups excluding tert-OH is 1. The Morgan fingerprint density at radius 2 is 2.22 bits per heavy atom.